The second-order valence-electron chi connectivity index (χ2n) is 6.10. The van der Waals surface area contributed by atoms with E-state index in [4.69, 9.17) is 0 Å². The summed E-state index contributed by atoms with van der Waals surface area (Å²) >= 11 is 0. The molecule has 23 heavy (non-hydrogen) atoms. The van der Waals surface area contributed by atoms with E-state index in [1.807, 2.05) is 48.9 Å². The average Bonchev–Trinajstić information content (AvgIpc) is 2.99. The van der Waals surface area contributed by atoms with Crippen molar-refractivity contribution in [2.24, 2.45) is 5.92 Å². The number of aryl methyl sites for hydroxylation is 3. The molecule has 0 bridgehead atoms. The Kier molecular flexibility index (Phi) is 4.03. The lowest BCUT2D eigenvalue weighted by atomic mass is 10.1. The maximum atomic E-state index is 12.7. The standard InChI is InChI=1S/C18H21N3O2/c1-4-14-5-7-16(8-6-14)21-17(22)10-15(18(21)23)11-20-13(3)9-12(2)19-20/h5-9,15H,4,10-11H2,1-3H3/t15-/m1/s1. The second kappa shape index (κ2) is 5.99. The van der Waals surface area contributed by atoms with Crippen LogP contribution in [0.1, 0.15) is 30.3 Å². The maximum Gasteiger partial charge on any atom is 0.239 e. The van der Waals surface area contributed by atoms with Gasteiger partial charge in [-0.2, -0.15) is 5.10 Å². The number of rotatable bonds is 4. The van der Waals surface area contributed by atoms with E-state index in [1.54, 1.807) is 0 Å². The van der Waals surface area contributed by atoms with Crippen LogP contribution >= 0.6 is 0 Å². The number of anilines is 1. The molecular formula is C18H21N3O2. The molecule has 1 fully saturated rings. The fourth-order valence-electron chi connectivity index (χ4n) is 3.06. The third kappa shape index (κ3) is 2.91. The molecule has 0 saturated carbocycles. The SMILES string of the molecule is CCc1ccc(N2C(=O)C[C@H](Cn3nc(C)cc3C)C2=O)cc1. The summed E-state index contributed by atoms with van der Waals surface area (Å²) in [6.45, 7) is 6.41. The first-order chi connectivity index (χ1) is 11.0. The molecule has 2 aromatic rings. The highest BCUT2D eigenvalue weighted by atomic mass is 16.2. The Bertz CT molecular complexity index is 746. The molecule has 0 N–H and O–H groups in total. The lowest BCUT2D eigenvalue weighted by Gasteiger charge is -2.16. The van der Waals surface area contributed by atoms with Crippen LogP contribution in [0.15, 0.2) is 30.3 Å². The third-order valence-electron chi connectivity index (χ3n) is 4.34. The summed E-state index contributed by atoms with van der Waals surface area (Å²) in [7, 11) is 0. The van der Waals surface area contributed by atoms with E-state index < -0.39 is 0 Å². The van der Waals surface area contributed by atoms with E-state index in [9.17, 15) is 9.59 Å². The van der Waals surface area contributed by atoms with Crippen molar-refractivity contribution in [1.82, 2.24) is 9.78 Å². The fourth-order valence-corrected chi connectivity index (χ4v) is 3.06. The molecule has 5 heteroatoms. The van der Waals surface area contributed by atoms with E-state index in [0.717, 1.165) is 17.8 Å². The van der Waals surface area contributed by atoms with Crippen molar-refractivity contribution in [2.75, 3.05) is 4.90 Å². The van der Waals surface area contributed by atoms with Crippen molar-refractivity contribution in [3.05, 3.63) is 47.3 Å². The van der Waals surface area contributed by atoms with Crippen molar-refractivity contribution in [2.45, 2.75) is 40.2 Å². The number of imide groups is 1. The van der Waals surface area contributed by atoms with Crippen molar-refractivity contribution in [1.29, 1.82) is 0 Å². The minimum Gasteiger partial charge on any atom is -0.274 e. The van der Waals surface area contributed by atoms with E-state index >= 15 is 0 Å². The highest BCUT2D eigenvalue weighted by molar-refractivity contribution is 6.20. The summed E-state index contributed by atoms with van der Waals surface area (Å²) < 4.78 is 1.81. The first kappa shape index (κ1) is 15.5. The minimum atomic E-state index is -0.341. The van der Waals surface area contributed by atoms with Gasteiger partial charge in [-0.15, -0.1) is 0 Å². The number of carbonyl (C=O) groups is 2. The predicted molar refractivity (Wildman–Crippen MR) is 88.1 cm³/mol. The summed E-state index contributed by atoms with van der Waals surface area (Å²) in [6.07, 6.45) is 1.18. The third-order valence-corrected chi connectivity index (χ3v) is 4.34. The van der Waals surface area contributed by atoms with Crippen LogP contribution < -0.4 is 4.90 Å². The lowest BCUT2D eigenvalue weighted by molar-refractivity contribution is -0.122. The van der Waals surface area contributed by atoms with Crippen molar-refractivity contribution >= 4 is 17.5 Å². The molecule has 0 spiro atoms. The number of hydrogen-bond acceptors (Lipinski definition) is 3. The van der Waals surface area contributed by atoms with E-state index in [2.05, 4.69) is 12.0 Å². The first-order valence-electron chi connectivity index (χ1n) is 7.96. The minimum absolute atomic E-state index is 0.133. The Balaban J connectivity index is 1.80. The number of hydrogen-bond donors (Lipinski definition) is 0. The average molecular weight is 311 g/mol. The van der Waals surface area contributed by atoms with Gasteiger partial charge in [0.05, 0.1) is 23.8 Å². The molecule has 1 aliphatic heterocycles. The number of aromatic nitrogens is 2. The van der Waals surface area contributed by atoms with Crippen LogP contribution in [-0.4, -0.2) is 21.6 Å². The maximum absolute atomic E-state index is 12.7. The van der Waals surface area contributed by atoms with Gasteiger partial charge in [-0.25, -0.2) is 0 Å². The zero-order chi connectivity index (χ0) is 16.6. The Morgan fingerprint density at radius 3 is 2.43 bits per heavy atom. The number of nitrogens with zero attached hydrogens (tertiary/aromatic N) is 3. The molecular weight excluding hydrogens is 290 g/mol. The Morgan fingerprint density at radius 2 is 1.87 bits per heavy atom. The highest BCUT2D eigenvalue weighted by Crippen LogP contribution is 2.28. The summed E-state index contributed by atoms with van der Waals surface area (Å²) in [5, 5.41) is 4.39. The summed E-state index contributed by atoms with van der Waals surface area (Å²) in [6, 6.07) is 9.59. The van der Waals surface area contributed by atoms with E-state index in [0.29, 0.717) is 12.2 Å². The summed E-state index contributed by atoms with van der Waals surface area (Å²) in [4.78, 5) is 26.3. The number of carbonyl (C=O) groups excluding carboxylic acids is 2. The zero-order valence-corrected chi connectivity index (χ0v) is 13.7. The van der Waals surface area contributed by atoms with Crippen LogP contribution in [0.3, 0.4) is 0 Å². The lowest BCUT2D eigenvalue weighted by Crippen LogP contribution is -2.31. The quantitative estimate of drug-likeness (QED) is 0.816. The molecule has 1 saturated heterocycles. The van der Waals surface area contributed by atoms with Crippen LogP contribution in [0.4, 0.5) is 5.69 Å². The second-order valence-corrected chi connectivity index (χ2v) is 6.10. The number of benzene rings is 1. The molecule has 2 heterocycles. The largest absolute Gasteiger partial charge is 0.274 e. The van der Waals surface area contributed by atoms with Crippen molar-refractivity contribution in [3.63, 3.8) is 0 Å². The van der Waals surface area contributed by atoms with Gasteiger partial charge in [0, 0.05) is 12.1 Å². The molecule has 0 radical (unpaired) electrons. The monoisotopic (exact) mass is 311 g/mol. The van der Waals surface area contributed by atoms with Gasteiger partial charge in [-0.3, -0.25) is 19.2 Å². The zero-order valence-electron chi connectivity index (χ0n) is 13.7. The Hall–Kier alpha value is -2.43. The van der Waals surface area contributed by atoms with Crippen LogP contribution in [0.5, 0.6) is 0 Å². The number of amides is 2. The smallest absolute Gasteiger partial charge is 0.239 e. The molecule has 2 amide bonds. The van der Waals surface area contributed by atoms with Crippen LogP contribution in [-0.2, 0) is 22.6 Å². The van der Waals surface area contributed by atoms with Crippen LogP contribution in [0.2, 0.25) is 0 Å². The van der Waals surface area contributed by atoms with Crippen LogP contribution in [0.25, 0.3) is 0 Å². The highest BCUT2D eigenvalue weighted by Gasteiger charge is 2.39. The molecule has 5 nitrogen and oxygen atoms in total. The predicted octanol–water partition coefficient (Wildman–Crippen LogP) is 2.64. The van der Waals surface area contributed by atoms with Crippen LogP contribution in [0, 0.1) is 19.8 Å². The van der Waals surface area contributed by atoms with Crippen molar-refractivity contribution < 1.29 is 9.59 Å². The summed E-state index contributed by atoms with van der Waals surface area (Å²) in [5.41, 5.74) is 3.78. The first-order valence-corrected chi connectivity index (χ1v) is 7.96. The summed E-state index contributed by atoms with van der Waals surface area (Å²) in [5.74, 6) is -0.607. The fraction of sp³-hybridized carbons (Fsp3) is 0.389. The van der Waals surface area contributed by atoms with Gasteiger partial charge in [-0.05, 0) is 44.0 Å². The van der Waals surface area contributed by atoms with E-state index in [-0.39, 0.29) is 24.2 Å². The Morgan fingerprint density at radius 1 is 1.17 bits per heavy atom. The van der Waals surface area contributed by atoms with E-state index in [1.165, 1.54) is 10.5 Å². The molecule has 120 valence electrons. The van der Waals surface area contributed by atoms with Gasteiger partial charge >= 0.3 is 0 Å². The molecule has 0 unspecified atom stereocenters. The van der Waals surface area contributed by atoms with Gasteiger partial charge in [0.1, 0.15) is 0 Å². The van der Waals surface area contributed by atoms with Gasteiger partial charge in [0.25, 0.3) is 0 Å². The van der Waals surface area contributed by atoms with Gasteiger partial charge in [0.2, 0.25) is 11.8 Å². The molecule has 3 rings (SSSR count). The van der Waals surface area contributed by atoms with Gasteiger partial charge in [0.15, 0.2) is 0 Å². The molecule has 1 aliphatic rings. The van der Waals surface area contributed by atoms with Crippen molar-refractivity contribution in [3.8, 4) is 0 Å². The Labute approximate surface area is 135 Å². The normalized spacial score (nSPS) is 18.0. The molecule has 1 aromatic heterocycles. The topological polar surface area (TPSA) is 55.2 Å². The molecule has 1 atom stereocenters. The van der Waals surface area contributed by atoms with Gasteiger partial charge < -0.3 is 0 Å². The molecule has 0 aliphatic carbocycles. The van der Waals surface area contributed by atoms with Gasteiger partial charge in [-0.1, -0.05) is 19.1 Å². The molecule has 1 aromatic carbocycles.